The average Bonchev–Trinajstić information content (AvgIpc) is 2.72. The van der Waals surface area contributed by atoms with Gasteiger partial charge in [0.15, 0.2) is 6.61 Å². The molecule has 1 aromatic carbocycles. The molecule has 0 saturated carbocycles. The monoisotopic (exact) mass is 444 g/mol. The number of alkyl halides is 3. The highest BCUT2D eigenvalue weighted by Crippen LogP contribution is 2.21. The molecule has 0 aliphatic rings. The third-order valence-corrected chi connectivity index (χ3v) is 4.65. The zero-order valence-corrected chi connectivity index (χ0v) is 18.3. The Labute approximate surface area is 181 Å². The van der Waals surface area contributed by atoms with Crippen molar-refractivity contribution in [2.75, 3.05) is 19.8 Å². The van der Waals surface area contributed by atoms with E-state index in [1.807, 2.05) is 20.8 Å². The summed E-state index contributed by atoms with van der Waals surface area (Å²) in [6.45, 7) is 5.09. The predicted molar refractivity (Wildman–Crippen MR) is 111 cm³/mol. The van der Waals surface area contributed by atoms with Crippen LogP contribution in [0.4, 0.5) is 13.2 Å². The molecule has 1 aromatic rings. The number of hydrogen-bond donors (Lipinski definition) is 0. The van der Waals surface area contributed by atoms with Crippen molar-refractivity contribution in [1.29, 1.82) is 0 Å². The molecular weight excluding hydrogens is 413 g/mol. The largest absolute Gasteiger partial charge is 0.494 e. The van der Waals surface area contributed by atoms with Gasteiger partial charge in [-0.2, -0.15) is 13.2 Å². The minimum atomic E-state index is -4.54. The van der Waals surface area contributed by atoms with Gasteiger partial charge >= 0.3 is 18.1 Å². The number of benzene rings is 1. The molecule has 0 amide bonds. The maximum Gasteiger partial charge on any atom is 0.422 e. The minimum absolute atomic E-state index is 0.158. The summed E-state index contributed by atoms with van der Waals surface area (Å²) < 4.78 is 50.9. The first-order valence-electron chi connectivity index (χ1n) is 10.3. The molecule has 0 N–H and O–H groups in total. The van der Waals surface area contributed by atoms with Crippen LogP contribution in [0.1, 0.15) is 58.4 Å². The summed E-state index contributed by atoms with van der Waals surface area (Å²) in [4.78, 5) is 23.1. The van der Waals surface area contributed by atoms with Crippen molar-refractivity contribution in [3.8, 4) is 5.75 Å². The lowest BCUT2D eigenvalue weighted by atomic mass is 9.91. The molecule has 0 aromatic heterocycles. The van der Waals surface area contributed by atoms with E-state index in [9.17, 15) is 22.8 Å². The molecule has 0 aliphatic carbocycles. The van der Waals surface area contributed by atoms with Gasteiger partial charge < -0.3 is 14.2 Å². The van der Waals surface area contributed by atoms with E-state index in [2.05, 4.69) is 4.74 Å². The first-order valence-corrected chi connectivity index (χ1v) is 10.3. The molecule has 0 aliphatic heterocycles. The normalized spacial score (nSPS) is 12.1. The summed E-state index contributed by atoms with van der Waals surface area (Å²) in [6.07, 6.45) is 2.10. The zero-order chi connectivity index (χ0) is 23.3. The molecule has 0 radical (unpaired) electrons. The average molecular weight is 444 g/mol. The number of unbranched alkanes of at least 4 members (excludes halogenated alkanes) is 3. The standard InChI is InChI=1S/C23H31F3O5/c1-4-22(2,3)21(28)30-16-8-6-5-7-15-29-19-12-9-18(10-13-19)11-14-20(27)31-17-23(24,25)26/h9-14H,4-8,15-17H2,1-3H3/b14-11+. The van der Waals surface area contributed by atoms with E-state index in [-0.39, 0.29) is 5.97 Å². The minimum Gasteiger partial charge on any atom is -0.494 e. The van der Waals surface area contributed by atoms with Crippen LogP contribution in [-0.2, 0) is 19.1 Å². The van der Waals surface area contributed by atoms with Gasteiger partial charge in [-0.3, -0.25) is 4.79 Å². The van der Waals surface area contributed by atoms with Gasteiger partial charge in [0.25, 0.3) is 0 Å². The number of carbonyl (C=O) groups excluding carboxylic acids is 2. The molecule has 5 nitrogen and oxygen atoms in total. The van der Waals surface area contributed by atoms with Crippen molar-refractivity contribution in [3.63, 3.8) is 0 Å². The number of halogens is 3. The van der Waals surface area contributed by atoms with Gasteiger partial charge in [-0.25, -0.2) is 4.79 Å². The van der Waals surface area contributed by atoms with E-state index in [0.29, 0.717) is 24.5 Å². The third kappa shape index (κ3) is 12.1. The molecule has 0 bridgehead atoms. The quantitative estimate of drug-likeness (QED) is 0.221. The second-order valence-corrected chi connectivity index (χ2v) is 7.76. The molecule has 31 heavy (non-hydrogen) atoms. The molecular formula is C23H31F3O5. The first-order chi connectivity index (χ1) is 14.5. The van der Waals surface area contributed by atoms with Crippen LogP contribution in [-0.4, -0.2) is 37.9 Å². The molecule has 0 atom stereocenters. The highest BCUT2D eigenvalue weighted by molar-refractivity contribution is 5.87. The fraction of sp³-hybridized carbons (Fsp3) is 0.565. The highest BCUT2D eigenvalue weighted by atomic mass is 19.4. The topological polar surface area (TPSA) is 61.8 Å². The van der Waals surface area contributed by atoms with E-state index < -0.39 is 24.2 Å². The SMILES string of the molecule is CCC(C)(C)C(=O)OCCCCCCOc1ccc(/C=C/C(=O)OCC(F)(F)F)cc1. The van der Waals surface area contributed by atoms with E-state index in [1.165, 1.54) is 6.08 Å². The van der Waals surface area contributed by atoms with Gasteiger partial charge in [0.05, 0.1) is 18.6 Å². The summed E-state index contributed by atoms with van der Waals surface area (Å²) in [7, 11) is 0. The van der Waals surface area contributed by atoms with Gasteiger partial charge in [0.2, 0.25) is 0 Å². The molecule has 0 saturated heterocycles. The van der Waals surface area contributed by atoms with Crippen LogP contribution >= 0.6 is 0 Å². The second kappa shape index (κ2) is 13.0. The van der Waals surface area contributed by atoms with Crippen molar-refractivity contribution >= 4 is 18.0 Å². The fourth-order valence-corrected chi connectivity index (χ4v) is 2.29. The van der Waals surface area contributed by atoms with E-state index in [4.69, 9.17) is 9.47 Å². The Morgan fingerprint density at radius 1 is 0.935 bits per heavy atom. The van der Waals surface area contributed by atoms with E-state index in [1.54, 1.807) is 24.3 Å². The summed E-state index contributed by atoms with van der Waals surface area (Å²) in [6, 6.07) is 6.81. The number of hydrogen-bond acceptors (Lipinski definition) is 5. The molecule has 0 spiro atoms. The summed E-state index contributed by atoms with van der Waals surface area (Å²) in [5.41, 5.74) is 0.201. The maximum atomic E-state index is 12.0. The molecule has 0 heterocycles. The number of ether oxygens (including phenoxy) is 3. The summed E-state index contributed by atoms with van der Waals surface area (Å²) in [5, 5.41) is 0. The van der Waals surface area contributed by atoms with Crippen LogP contribution in [0, 0.1) is 5.41 Å². The van der Waals surface area contributed by atoms with Crippen molar-refractivity contribution in [1.82, 2.24) is 0 Å². The van der Waals surface area contributed by atoms with Crippen LogP contribution in [0.25, 0.3) is 6.08 Å². The van der Waals surface area contributed by atoms with Crippen LogP contribution in [0.5, 0.6) is 5.75 Å². The Morgan fingerprint density at radius 3 is 2.13 bits per heavy atom. The Hall–Kier alpha value is -2.51. The second-order valence-electron chi connectivity index (χ2n) is 7.76. The smallest absolute Gasteiger partial charge is 0.422 e. The van der Waals surface area contributed by atoms with Crippen molar-refractivity contribution in [2.24, 2.45) is 5.41 Å². The van der Waals surface area contributed by atoms with Crippen molar-refractivity contribution in [3.05, 3.63) is 35.9 Å². The van der Waals surface area contributed by atoms with Crippen LogP contribution in [0.2, 0.25) is 0 Å². The Morgan fingerprint density at radius 2 is 1.55 bits per heavy atom. The van der Waals surface area contributed by atoms with Gasteiger partial charge in [0.1, 0.15) is 5.75 Å². The van der Waals surface area contributed by atoms with Gasteiger partial charge in [-0.05, 0) is 69.7 Å². The Bertz CT molecular complexity index is 709. The van der Waals surface area contributed by atoms with Gasteiger partial charge in [-0.1, -0.05) is 19.1 Å². The van der Waals surface area contributed by atoms with Crippen molar-refractivity contribution < 1.29 is 37.0 Å². The molecule has 8 heteroatoms. The summed E-state index contributed by atoms with van der Waals surface area (Å²) in [5.74, 6) is -0.552. The molecule has 0 unspecified atom stereocenters. The lowest BCUT2D eigenvalue weighted by Gasteiger charge is -2.20. The fourth-order valence-electron chi connectivity index (χ4n) is 2.29. The zero-order valence-electron chi connectivity index (χ0n) is 18.3. The van der Waals surface area contributed by atoms with E-state index in [0.717, 1.165) is 38.2 Å². The van der Waals surface area contributed by atoms with Crippen molar-refractivity contribution in [2.45, 2.75) is 59.1 Å². The maximum absolute atomic E-state index is 12.0. The first kappa shape index (κ1) is 26.5. The Balaban J connectivity index is 2.18. The van der Waals surface area contributed by atoms with Gasteiger partial charge in [-0.15, -0.1) is 0 Å². The molecule has 174 valence electrons. The molecule has 0 fully saturated rings. The van der Waals surface area contributed by atoms with Crippen LogP contribution in [0.15, 0.2) is 30.3 Å². The molecule has 1 rings (SSSR count). The number of carbonyl (C=O) groups is 2. The van der Waals surface area contributed by atoms with Crippen LogP contribution < -0.4 is 4.74 Å². The lowest BCUT2D eigenvalue weighted by Crippen LogP contribution is -2.26. The number of esters is 2. The predicted octanol–water partition coefficient (Wildman–Crippen LogP) is 5.72. The van der Waals surface area contributed by atoms with E-state index >= 15 is 0 Å². The van der Waals surface area contributed by atoms with Gasteiger partial charge in [0, 0.05) is 6.08 Å². The Kier molecular flexibility index (Phi) is 11.1. The van der Waals surface area contributed by atoms with Crippen LogP contribution in [0.3, 0.4) is 0 Å². The highest BCUT2D eigenvalue weighted by Gasteiger charge is 2.29. The summed E-state index contributed by atoms with van der Waals surface area (Å²) >= 11 is 0. The lowest BCUT2D eigenvalue weighted by molar-refractivity contribution is -0.182. The number of rotatable bonds is 13. The third-order valence-electron chi connectivity index (χ3n) is 4.65.